The molecule has 1 N–H and O–H groups in total. The number of carboxylic acid groups (broad SMARTS) is 1. The van der Waals surface area contributed by atoms with Crippen molar-refractivity contribution in [3.63, 3.8) is 0 Å². The summed E-state index contributed by atoms with van der Waals surface area (Å²) in [6.07, 6.45) is -1.70. The van der Waals surface area contributed by atoms with E-state index in [0.29, 0.717) is 17.7 Å². The molecule has 0 atom stereocenters. The van der Waals surface area contributed by atoms with Gasteiger partial charge in [-0.3, -0.25) is 9.48 Å². The number of benzene rings is 1. The SMILES string of the molecule is O=C(O)Cc1cnn(Cc2ccc(-c3noc(C(F)(F)F)n3)cc2)c1. The highest BCUT2D eigenvalue weighted by atomic mass is 19.4. The number of nitrogens with zero attached hydrogens (tertiary/aromatic N) is 4. The van der Waals surface area contributed by atoms with Gasteiger partial charge in [-0.25, -0.2) is 0 Å². The van der Waals surface area contributed by atoms with Gasteiger partial charge in [0.15, 0.2) is 0 Å². The number of aromatic nitrogens is 4. The first-order chi connectivity index (χ1) is 11.8. The van der Waals surface area contributed by atoms with Crippen LogP contribution in [-0.2, 0) is 23.9 Å². The highest BCUT2D eigenvalue weighted by Crippen LogP contribution is 2.29. The van der Waals surface area contributed by atoms with E-state index in [-0.39, 0.29) is 12.2 Å². The number of rotatable bonds is 5. The third kappa shape index (κ3) is 4.03. The summed E-state index contributed by atoms with van der Waals surface area (Å²) in [5.74, 6) is -2.49. The lowest BCUT2D eigenvalue weighted by atomic mass is 10.1. The van der Waals surface area contributed by atoms with Crippen molar-refractivity contribution in [1.82, 2.24) is 19.9 Å². The molecule has 0 saturated heterocycles. The second-order valence-electron chi connectivity index (χ2n) is 5.23. The number of hydrogen-bond acceptors (Lipinski definition) is 5. The number of halogens is 3. The van der Waals surface area contributed by atoms with E-state index in [0.717, 1.165) is 5.56 Å². The fourth-order valence-electron chi connectivity index (χ4n) is 2.16. The lowest BCUT2D eigenvalue weighted by molar-refractivity contribution is -0.159. The molecule has 0 bridgehead atoms. The largest absolute Gasteiger partial charge is 0.481 e. The second-order valence-corrected chi connectivity index (χ2v) is 5.23. The first kappa shape index (κ1) is 16.7. The first-order valence-corrected chi connectivity index (χ1v) is 7.04. The Labute approximate surface area is 138 Å². The Kier molecular flexibility index (Phi) is 4.26. The van der Waals surface area contributed by atoms with Crippen molar-refractivity contribution in [3.8, 4) is 11.4 Å². The van der Waals surface area contributed by atoms with E-state index >= 15 is 0 Å². The molecular formula is C15H11F3N4O3. The molecule has 0 unspecified atom stereocenters. The number of aliphatic carboxylic acids is 1. The predicted octanol–water partition coefficient (Wildman–Crippen LogP) is 2.63. The molecule has 0 saturated carbocycles. The van der Waals surface area contributed by atoms with Crippen LogP contribution in [0.1, 0.15) is 17.0 Å². The van der Waals surface area contributed by atoms with Crippen molar-refractivity contribution in [2.24, 2.45) is 0 Å². The third-order valence-corrected chi connectivity index (χ3v) is 3.27. The van der Waals surface area contributed by atoms with Crippen LogP contribution >= 0.6 is 0 Å². The normalized spacial score (nSPS) is 11.6. The molecule has 0 radical (unpaired) electrons. The van der Waals surface area contributed by atoms with E-state index in [4.69, 9.17) is 5.11 Å². The Balaban J connectivity index is 1.71. The van der Waals surface area contributed by atoms with Crippen molar-refractivity contribution in [2.45, 2.75) is 19.1 Å². The topological polar surface area (TPSA) is 94.0 Å². The van der Waals surface area contributed by atoms with Gasteiger partial charge in [0.2, 0.25) is 5.82 Å². The van der Waals surface area contributed by atoms with Crippen LogP contribution in [0.25, 0.3) is 11.4 Å². The van der Waals surface area contributed by atoms with E-state index in [9.17, 15) is 18.0 Å². The molecule has 2 aromatic heterocycles. The Hall–Kier alpha value is -3.17. The molecule has 130 valence electrons. The van der Waals surface area contributed by atoms with E-state index in [1.807, 2.05) is 0 Å². The van der Waals surface area contributed by atoms with Crippen LogP contribution in [0.4, 0.5) is 13.2 Å². The molecule has 0 aliphatic rings. The quantitative estimate of drug-likeness (QED) is 0.759. The van der Waals surface area contributed by atoms with Crippen LogP contribution in [0.5, 0.6) is 0 Å². The van der Waals surface area contributed by atoms with Crippen molar-refractivity contribution in [3.05, 3.63) is 53.7 Å². The highest BCUT2D eigenvalue weighted by Gasteiger charge is 2.38. The minimum Gasteiger partial charge on any atom is -0.481 e. The van der Waals surface area contributed by atoms with E-state index in [1.165, 1.54) is 6.20 Å². The lowest BCUT2D eigenvalue weighted by Gasteiger charge is -2.02. The van der Waals surface area contributed by atoms with Crippen molar-refractivity contribution < 1.29 is 27.6 Å². The maximum atomic E-state index is 12.5. The maximum Gasteiger partial charge on any atom is 0.471 e. The summed E-state index contributed by atoms with van der Waals surface area (Å²) >= 11 is 0. The Bertz CT molecular complexity index is 884. The summed E-state index contributed by atoms with van der Waals surface area (Å²) < 4.78 is 43.2. The molecular weight excluding hydrogens is 341 g/mol. The molecule has 3 aromatic rings. The smallest absolute Gasteiger partial charge is 0.471 e. The Morgan fingerprint density at radius 1 is 1.20 bits per heavy atom. The molecule has 0 spiro atoms. The van der Waals surface area contributed by atoms with Crippen LogP contribution in [-0.4, -0.2) is 31.0 Å². The van der Waals surface area contributed by atoms with E-state index < -0.39 is 18.0 Å². The summed E-state index contributed by atoms with van der Waals surface area (Å²) in [4.78, 5) is 14.0. The van der Waals surface area contributed by atoms with Gasteiger partial charge in [0, 0.05) is 17.3 Å². The monoisotopic (exact) mass is 352 g/mol. The molecule has 0 amide bonds. The van der Waals surface area contributed by atoms with Gasteiger partial charge >= 0.3 is 18.0 Å². The third-order valence-electron chi connectivity index (χ3n) is 3.27. The molecule has 3 rings (SSSR count). The highest BCUT2D eigenvalue weighted by molar-refractivity contribution is 5.69. The maximum absolute atomic E-state index is 12.5. The molecule has 0 aliphatic carbocycles. The van der Waals surface area contributed by atoms with Crippen molar-refractivity contribution in [1.29, 1.82) is 0 Å². The number of carbonyl (C=O) groups is 1. The standard InChI is InChI=1S/C15H11F3N4O3/c16-15(17,18)14-20-13(21-25-14)11-3-1-9(2-4-11)7-22-8-10(6-19-22)5-12(23)24/h1-4,6,8H,5,7H2,(H,23,24). The molecule has 0 aliphatic heterocycles. The number of alkyl halides is 3. The van der Waals surface area contributed by atoms with Gasteiger partial charge in [-0.15, -0.1) is 0 Å². The van der Waals surface area contributed by atoms with Gasteiger partial charge in [0.05, 0.1) is 19.2 Å². The van der Waals surface area contributed by atoms with Crippen molar-refractivity contribution in [2.75, 3.05) is 0 Å². The predicted molar refractivity (Wildman–Crippen MR) is 77.4 cm³/mol. The first-order valence-electron chi connectivity index (χ1n) is 7.04. The Morgan fingerprint density at radius 3 is 2.52 bits per heavy atom. The van der Waals surface area contributed by atoms with E-state index in [1.54, 1.807) is 35.1 Å². The van der Waals surface area contributed by atoms with Crippen molar-refractivity contribution >= 4 is 5.97 Å². The van der Waals surface area contributed by atoms with Crippen LogP contribution in [0.3, 0.4) is 0 Å². The zero-order chi connectivity index (χ0) is 18.0. The van der Waals surface area contributed by atoms with Gasteiger partial charge in [-0.1, -0.05) is 29.4 Å². The van der Waals surface area contributed by atoms with Gasteiger partial charge in [0.25, 0.3) is 0 Å². The zero-order valence-corrected chi connectivity index (χ0v) is 12.6. The van der Waals surface area contributed by atoms with E-state index in [2.05, 4.69) is 19.8 Å². The van der Waals surface area contributed by atoms with Crippen LogP contribution in [0.2, 0.25) is 0 Å². The molecule has 7 nitrogen and oxygen atoms in total. The fraction of sp³-hybridized carbons (Fsp3) is 0.200. The fourth-order valence-corrected chi connectivity index (χ4v) is 2.16. The molecule has 1 aromatic carbocycles. The summed E-state index contributed by atoms with van der Waals surface area (Å²) in [6, 6.07) is 6.53. The van der Waals surface area contributed by atoms with Gasteiger partial charge < -0.3 is 9.63 Å². The average molecular weight is 352 g/mol. The van der Waals surface area contributed by atoms with Crippen LogP contribution in [0.15, 0.2) is 41.2 Å². The molecule has 10 heteroatoms. The second kappa shape index (κ2) is 6.38. The number of carboxylic acids is 1. The summed E-state index contributed by atoms with van der Waals surface area (Å²) in [5.41, 5.74) is 1.79. The summed E-state index contributed by atoms with van der Waals surface area (Å²) in [5, 5.41) is 16.1. The molecule has 25 heavy (non-hydrogen) atoms. The van der Waals surface area contributed by atoms with Gasteiger partial charge in [-0.05, 0) is 5.56 Å². The molecule has 2 heterocycles. The number of hydrogen-bond donors (Lipinski definition) is 1. The summed E-state index contributed by atoms with van der Waals surface area (Å²) in [7, 11) is 0. The zero-order valence-electron chi connectivity index (χ0n) is 12.6. The minimum absolute atomic E-state index is 0.113. The van der Waals surface area contributed by atoms with Gasteiger partial charge in [0.1, 0.15) is 0 Å². The lowest BCUT2D eigenvalue weighted by Crippen LogP contribution is -2.04. The Morgan fingerprint density at radius 2 is 1.92 bits per heavy atom. The van der Waals surface area contributed by atoms with Crippen LogP contribution < -0.4 is 0 Å². The van der Waals surface area contributed by atoms with Gasteiger partial charge in [-0.2, -0.15) is 23.3 Å². The minimum atomic E-state index is -4.68. The average Bonchev–Trinajstić information content (AvgIpc) is 3.17. The summed E-state index contributed by atoms with van der Waals surface area (Å²) in [6.45, 7) is 0.389. The molecule has 0 fully saturated rings. The van der Waals surface area contributed by atoms with Crippen LogP contribution in [0, 0.1) is 0 Å².